The molecule has 0 aliphatic heterocycles. The molecule has 0 aliphatic rings. The molecular formula is C16H17ClN2O2. The van der Waals surface area contributed by atoms with Crippen LogP contribution in [0.25, 0.3) is 0 Å². The van der Waals surface area contributed by atoms with Crippen molar-refractivity contribution in [2.75, 3.05) is 19.0 Å². The molecule has 1 amide bonds. The molecule has 0 atom stereocenters. The molecule has 2 aromatic rings. The van der Waals surface area contributed by atoms with Gasteiger partial charge in [0.05, 0.1) is 0 Å². The van der Waals surface area contributed by atoms with Crippen LogP contribution in [0.5, 0.6) is 5.75 Å². The number of ether oxygens (including phenoxy) is 1. The zero-order valence-electron chi connectivity index (χ0n) is 11.7. The van der Waals surface area contributed by atoms with Crippen LogP contribution in [0.2, 0.25) is 5.02 Å². The van der Waals surface area contributed by atoms with Crippen molar-refractivity contribution in [3.05, 3.63) is 59.1 Å². The summed E-state index contributed by atoms with van der Waals surface area (Å²) in [5, 5.41) is 6.53. The predicted octanol–water partition coefficient (Wildman–Crippen LogP) is 3.08. The van der Waals surface area contributed by atoms with Crippen LogP contribution in [0, 0.1) is 0 Å². The molecule has 4 nitrogen and oxygen atoms in total. The van der Waals surface area contributed by atoms with Gasteiger partial charge in [-0.1, -0.05) is 29.8 Å². The Labute approximate surface area is 129 Å². The maximum atomic E-state index is 11.1. The third-order valence-electron chi connectivity index (χ3n) is 2.89. The minimum atomic E-state index is -0.158. The van der Waals surface area contributed by atoms with Gasteiger partial charge in [0.25, 0.3) is 5.91 Å². The third-order valence-corrected chi connectivity index (χ3v) is 3.14. The van der Waals surface area contributed by atoms with Crippen LogP contribution < -0.4 is 15.4 Å². The third kappa shape index (κ3) is 5.00. The van der Waals surface area contributed by atoms with E-state index in [9.17, 15) is 4.79 Å². The first kappa shape index (κ1) is 15.2. The van der Waals surface area contributed by atoms with Gasteiger partial charge in [0.1, 0.15) is 5.75 Å². The predicted molar refractivity (Wildman–Crippen MR) is 84.8 cm³/mol. The van der Waals surface area contributed by atoms with Crippen molar-refractivity contribution >= 4 is 23.2 Å². The summed E-state index contributed by atoms with van der Waals surface area (Å²) in [7, 11) is 1.58. The molecule has 0 heterocycles. The summed E-state index contributed by atoms with van der Waals surface area (Å²) >= 11 is 5.85. The minimum absolute atomic E-state index is 0.0110. The summed E-state index contributed by atoms with van der Waals surface area (Å²) in [4.78, 5) is 11.1. The van der Waals surface area contributed by atoms with E-state index in [1.165, 1.54) is 0 Å². The number of hydrogen-bond acceptors (Lipinski definition) is 3. The fourth-order valence-corrected chi connectivity index (χ4v) is 1.85. The molecule has 0 saturated carbocycles. The molecule has 0 bridgehead atoms. The molecule has 2 rings (SSSR count). The average Bonchev–Trinajstić information content (AvgIpc) is 2.52. The van der Waals surface area contributed by atoms with Gasteiger partial charge in [0.2, 0.25) is 0 Å². The molecule has 21 heavy (non-hydrogen) atoms. The first-order chi connectivity index (χ1) is 10.2. The highest BCUT2D eigenvalue weighted by Gasteiger charge is 2.01. The van der Waals surface area contributed by atoms with E-state index >= 15 is 0 Å². The molecule has 0 aromatic heterocycles. The van der Waals surface area contributed by atoms with Crippen molar-refractivity contribution in [3.8, 4) is 5.75 Å². The number of hydrogen-bond donors (Lipinski definition) is 2. The van der Waals surface area contributed by atoms with Crippen molar-refractivity contribution in [2.45, 2.75) is 6.54 Å². The largest absolute Gasteiger partial charge is 0.484 e. The van der Waals surface area contributed by atoms with Crippen LogP contribution in [0.4, 0.5) is 5.69 Å². The van der Waals surface area contributed by atoms with Gasteiger partial charge in [0, 0.05) is 30.4 Å². The van der Waals surface area contributed by atoms with Crippen LogP contribution in [0.1, 0.15) is 5.56 Å². The Morgan fingerprint density at radius 2 is 1.95 bits per heavy atom. The van der Waals surface area contributed by atoms with Crippen LogP contribution in [-0.2, 0) is 11.3 Å². The van der Waals surface area contributed by atoms with Crippen LogP contribution in [0.15, 0.2) is 48.5 Å². The Hall–Kier alpha value is -2.20. The highest BCUT2D eigenvalue weighted by molar-refractivity contribution is 6.30. The summed E-state index contributed by atoms with van der Waals surface area (Å²) in [6.45, 7) is 0.702. The number of likely N-dealkylation sites (N-methyl/N-ethyl adjacent to an activating group) is 1. The topological polar surface area (TPSA) is 50.4 Å². The number of benzene rings is 2. The molecule has 2 N–H and O–H groups in total. The van der Waals surface area contributed by atoms with E-state index in [1.807, 2.05) is 48.5 Å². The van der Waals surface area contributed by atoms with Crippen LogP contribution in [0.3, 0.4) is 0 Å². The van der Waals surface area contributed by atoms with Crippen molar-refractivity contribution in [3.63, 3.8) is 0 Å². The highest BCUT2D eigenvalue weighted by Crippen LogP contribution is 2.18. The molecule has 0 unspecified atom stereocenters. The zero-order chi connectivity index (χ0) is 15.1. The monoisotopic (exact) mass is 304 g/mol. The van der Waals surface area contributed by atoms with Crippen molar-refractivity contribution in [2.24, 2.45) is 0 Å². The maximum Gasteiger partial charge on any atom is 0.257 e. The second kappa shape index (κ2) is 7.55. The highest BCUT2D eigenvalue weighted by atomic mass is 35.5. The second-order valence-corrected chi connectivity index (χ2v) is 4.91. The number of halogens is 1. The normalized spacial score (nSPS) is 10.0. The Kier molecular flexibility index (Phi) is 5.46. The molecule has 0 fully saturated rings. The maximum absolute atomic E-state index is 11.1. The van der Waals surface area contributed by atoms with E-state index in [0.717, 1.165) is 16.3 Å². The van der Waals surface area contributed by atoms with Gasteiger partial charge < -0.3 is 15.4 Å². The number of carbonyl (C=O) groups excluding carboxylic acids is 1. The van der Waals surface area contributed by atoms with E-state index in [-0.39, 0.29) is 12.5 Å². The summed E-state index contributed by atoms with van der Waals surface area (Å²) in [6, 6.07) is 15.2. The summed E-state index contributed by atoms with van der Waals surface area (Å²) in [5.41, 5.74) is 2.07. The first-order valence-electron chi connectivity index (χ1n) is 6.59. The van der Waals surface area contributed by atoms with Gasteiger partial charge in [-0.2, -0.15) is 0 Å². The van der Waals surface area contributed by atoms with Crippen LogP contribution >= 0.6 is 11.6 Å². The number of carbonyl (C=O) groups is 1. The van der Waals surface area contributed by atoms with Crippen molar-refractivity contribution < 1.29 is 9.53 Å². The average molecular weight is 305 g/mol. The van der Waals surface area contributed by atoms with Gasteiger partial charge >= 0.3 is 0 Å². The van der Waals surface area contributed by atoms with Gasteiger partial charge in [-0.25, -0.2) is 0 Å². The van der Waals surface area contributed by atoms with E-state index in [2.05, 4.69) is 10.6 Å². The van der Waals surface area contributed by atoms with E-state index in [0.29, 0.717) is 12.3 Å². The van der Waals surface area contributed by atoms with Crippen LogP contribution in [-0.4, -0.2) is 19.6 Å². The molecule has 0 aliphatic carbocycles. The van der Waals surface area contributed by atoms with Gasteiger partial charge in [-0.3, -0.25) is 4.79 Å². The first-order valence-corrected chi connectivity index (χ1v) is 6.97. The number of amides is 1. The Balaban J connectivity index is 1.91. The molecule has 110 valence electrons. The molecular weight excluding hydrogens is 288 g/mol. The Bertz CT molecular complexity index is 599. The quantitative estimate of drug-likeness (QED) is 0.862. The number of rotatable bonds is 6. The van der Waals surface area contributed by atoms with Gasteiger partial charge in [-0.15, -0.1) is 0 Å². The lowest BCUT2D eigenvalue weighted by Gasteiger charge is -2.09. The van der Waals surface area contributed by atoms with Crippen molar-refractivity contribution in [1.82, 2.24) is 5.32 Å². The Morgan fingerprint density at radius 1 is 1.19 bits per heavy atom. The minimum Gasteiger partial charge on any atom is -0.484 e. The molecule has 0 spiro atoms. The summed E-state index contributed by atoms with van der Waals surface area (Å²) in [6.07, 6.45) is 0. The molecule has 5 heteroatoms. The SMILES string of the molecule is CNC(=O)COc1cccc(NCc2ccc(Cl)cc2)c1. The number of nitrogens with one attached hydrogen (secondary N) is 2. The summed E-state index contributed by atoms with van der Waals surface area (Å²) in [5.74, 6) is 0.495. The molecule has 0 radical (unpaired) electrons. The molecule has 0 saturated heterocycles. The Morgan fingerprint density at radius 3 is 2.67 bits per heavy atom. The lowest BCUT2D eigenvalue weighted by atomic mass is 10.2. The standard InChI is InChI=1S/C16H17ClN2O2/c1-18-16(20)11-21-15-4-2-3-14(9-15)19-10-12-5-7-13(17)8-6-12/h2-9,19H,10-11H2,1H3,(H,18,20). The van der Waals surface area contributed by atoms with E-state index in [1.54, 1.807) is 7.05 Å². The van der Waals surface area contributed by atoms with E-state index in [4.69, 9.17) is 16.3 Å². The number of anilines is 1. The smallest absolute Gasteiger partial charge is 0.257 e. The fourth-order valence-electron chi connectivity index (χ4n) is 1.72. The van der Waals surface area contributed by atoms with Gasteiger partial charge in [0.15, 0.2) is 6.61 Å². The summed E-state index contributed by atoms with van der Waals surface area (Å²) < 4.78 is 5.40. The lowest BCUT2D eigenvalue weighted by Crippen LogP contribution is -2.24. The lowest BCUT2D eigenvalue weighted by molar-refractivity contribution is -0.122. The second-order valence-electron chi connectivity index (χ2n) is 4.47. The van der Waals surface area contributed by atoms with Crippen molar-refractivity contribution in [1.29, 1.82) is 0 Å². The van der Waals surface area contributed by atoms with Gasteiger partial charge in [-0.05, 0) is 29.8 Å². The molecule has 2 aromatic carbocycles. The fraction of sp³-hybridized carbons (Fsp3) is 0.188. The zero-order valence-corrected chi connectivity index (χ0v) is 12.5. The van der Waals surface area contributed by atoms with E-state index < -0.39 is 0 Å².